The minimum atomic E-state index is -0.625. The van der Waals surface area contributed by atoms with Crippen LogP contribution in [0.25, 0.3) is 11.0 Å². The number of methoxy groups -OCH3 is 1. The number of carbonyl (C=O) groups is 2. The zero-order valence-corrected chi connectivity index (χ0v) is 17.0. The summed E-state index contributed by atoms with van der Waals surface area (Å²) in [5, 5.41) is 0. The molecule has 0 bridgehead atoms. The Morgan fingerprint density at radius 1 is 0.931 bits per heavy atom. The predicted octanol–water partition coefficient (Wildman–Crippen LogP) is 2.98. The van der Waals surface area contributed by atoms with Crippen LogP contribution in [0.1, 0.15) is 36.7 Å². The summed E-state index contributed by atoms with van der Waals surface area (Å²) in [6.07, 6.45) is 0. The number of imidazole rings is 1. The van der Waals surface area contributed by atoms with Crippen LogP contribution in [-0.4, -0.2) is 33.8 Å². The average Bonchev–Trinajstić information content (AvgIpc) is 2.92. The van der Waals surface area contributed by atoms with E-state index in [1.807, 2.05) is 18.2 Å². The molecule has 3 rings (SSSR count). The van der Waals surface area contributed by atoms with Gasteiger partial charge in [-0.2, -0.15) is 0 Å². The Labute approximate surface area is 168 Å². The van der Waals surface area contributed by atoms with Gasteiger partial charge in [-0.15, -0.1) is 0 Å². The maximum atomic E-state index is 13.1. The Balaban J connectivity index is 1.95. The largest absolute Gasteiger partial charge is 0.465 e. The van der Waals surface area contributed by atoms with Crippen molar-refractivity contribution in [2.45, 2.75) is 39.5 Å². The molecule has 0 radical (unpaired) electrons. The number of nitrogens with zero attached hydrogens (tertiary/aromatic N) is 2. The van der Waals surface area contributed by atoms with Crippen LogP contribution in [0.4, 0.5) is 0 Å². The lowest BCUT2D eigenvalue weighted by molar-refractivity contribution is -0.155. The molecule has 0 spiro atoms. The molecule has 0 amide bonds. The van der Waals surface area contributed by atoms with Crippen LogP contribution >= 0.6 is 0 Å². The SMILES string of the molecule is COC(=O)c1ccc(Cn2c(=O)n(CC(=O)OC(C)(C)C)c3ccccc32)cc1. The quantitative estimate of drug-likeness (QED) is 0.620. The summed E-state index contributed by atoms with van der Waals surface area (Å²) < 4.78 is 13.1. The normalized spacial score (nSPS) is 11.4. The summed E-state index contributed by atoms with van der Waals surface area (Å²) >= 11 is 0. The van der Waals surface area contributed by atoms with Gasteiger partial charge in [0.2, 0.25) is 0 Å². The van der Waals surface area contributed by atoms with Crippen LogP contribution in [0, 0.1) is 0 Å². The minimum absolute atomic E-state index is 0.162. The maximum absolute atomic E-state index is 13.1. The van der Waals surface area contributed by atoms with Gasteiger partial charge in [-0.25, -0.2) is 9.59 Å². The molecule has 0 saturated heterocycles. The average molecular weight is 396 g/mol. The highest BCUT2D eigenvalue weighted by atomic mass is 16.6. The number of fused-ring (bicyclic) bond motifs is 1. The van der Waals surface area contributed by atoms with Crippen LogP contribution < -0.4 is 5.69 Å². The van der Waals surface area contributed by atoms with Gasteiger partial charge in [0.1, 0.15) is 12.1 Å². The molecule has 0 aliphatic heterocycles. The van der Waals surface area contributed by atoms with Crippen molar-refractivity contribution in [1.29, 1.82) is 0 Å². The molecule has 2 aromatic carbocycles. The van der Waals surface area contributed by atoms with Gasteiger partial charge in [0.25, 0.3) is 0 Å². The number of para-hydroxylation sites is 2. The highest BCUT2D eigenvalue weighted by Gasteiger charge is 2.20. The van der Waals surface area contributed by atoms with Gasteiger partial charge >= 0.3 is 17.6 Å². The lowest BCUT2D eigenvalue weighted by Gasteiger charge is -2.19. The minimum Gasteiger partial charge on any atom is -0.465 e. The summed E-state index contributed by atoms with van der Waals surface area (Å²) in [6.45, 7) is 5.51. The van der Waals surface area contributed by atoms with Crippen molar-refractivity contribution in [3.63, 3.8) is 0 Å². The van der Waals surface area contributed by atoms with E-state index < -0.39 is 17.5 Å². The second kappa shape index (κ2) is 7.95. The molecule has 0 N–H and O–H groups in total. The molecule has 0 atom stereocenters. The number of hydrogen-bond acceptors (Lipinski definition) is 5. The molecular formula is C22H24N2O5. The van der Waals surface area contributed by atoms with Gasteiger partial charge < -0.3 is 9.47 Å². The standard InChI is InChI=1S/C22H24N2O5/c1-22(2,3)29-19(25)14-24-18-8-6-5-7-17(18)23(21(24)27)13-15-9-11-16(12-10-15)20(26)28-4/h5-12H,13-14H2,1-4H3. The predicted molar refractivity (Wildman–Crippen MR) is 109 cm³/mol. The van der Waals surface area contributed by atoms with Gasteiger partial charge in [-0.3, -0.25) is 13.9 Å². The van der Waals surface area contributed by atoms with Crippen molar-refractivity contribution in [3.8, 4) is 0 Å². The van der Waals surface area contributed by atoms with Crippen molar-refractivity contribution < 1.29 is 19.1 Å². The van der Waals surface area contributed by atoms with E-state index >= 15 is 0 Å². The van der Waals surface area contributed by atoms with Crippen LogP contribution in [-0.2, 0) is 27.4 Å². The highest BCUT2D eigenvalue weighted by molar-refractivity contribution is 5.89. The first-order valence-corrected chi connectivity index (χ1v) is 9.27. The Kier molecular flexibility index (Phi) is 5.59. The fourth-order valence-corrected chi connectivity index (χ4v) is 3.13. The second-order valence-corrected chi connectivity index (χ2v) is 7.72. The van der Waals surface area contributed by atoms with Gasteiger partial charge in [-0.05, 0) is 50.6 Å². The van der Waals surface area contributed by atoms with Gasteiger partial charge in [0.15, 0.2) is 0 Å². The fourth-order valence-electron chi connectivity index (χ4n) is 3.13. The topological polar surface area (TPSA) is 79.5 Å². The summed E-state index contributed by atoms with van der Waals surface area (Å²) in [4.78, 5) is 36.9. The van der Waals surface area contributed by atoms with E-state index in [0.29, 0.717) is 17.6 Å². The summed E-state index contributed by atoms with van der Waals surface area (Å²) in [5.41, 5.74) is 1.75. The van der Waals surface area contributed by atoms with Crippen molar-refractivity contribution in [3.05, 3.63) is 70.1 Å². The summed E-state index contributed by atoms with van der Waals surface area (Å²) in [7, 11) is 1.33. The Morgan fingerprint density at radius 3 is 2.07 bits per heavy atom. The Morgan fingerprint density at radius 2 is 1.52 bits per heavy atom. The third-order valence-electron chi connectivity index (χ3n) is 4.35. The number of rotatable bonds is 5. The molecule has 1 aromatic heterocycles. The number of hydrogen-bond donors (Lipinski definition) is 0. The molecular weight excluding hydrogens is 372 g/mol. The van der Waals surface area contributed by atoms with Gasteiger partial charge in [-0.1, -0.05) is 24.3 Å². The molecule has 7 heteroatoms. The molecule has 152 valence electrons. The molecule has 0 aliphatic rings. The van der Waals surface area contributed by atoms with Gasteiger partial charge in [0.05, 0.1) is 30.3 Å². The van der Waals surface area contributed by atoms with E-state index in [1.165, 1.54) is 11.7 Å². The van der Waals surface area contributed by atoms with Crippen LogP contribution in [0.3, 0.4) is 0 Å². The highest BCUT2D eigenvalue weighted by Crippen LogP contribution is 2.16. The summed E-state index contributed by atoms with van der Waals surface area (Å²) in [6, 6.07) is 14.2. The van der Waals surface area contributed by atoms with Crippen molar-refractivity contribution in [1.82, 2.24) is 9.13 Å². The molecule has 0 fully saturated rings. The molecule has 0 saturated carbocycles. The third kappa shape index (κ3) is 4.56. The molecule has 0 unspecified atom stereocenters. The van der Waals surface area contributed by atoms with Crippen LogP contribution in [0.2, 0.25) is 0 Å². The number of aromatic nitrogens is 2. The monoisotopic (exact) mass is 396 g/mol. The maximum Gasteiger partial charge on any atom is 0.337 e. The van der Waals surface area contributed by atoms with Crippen molar-refractivity contribution in [2.75, 3.05) is 7.11 Å². The smallest absolute Gasteiger partial charge is 0.337 e. The van der Waals surface area contributed by atoms with Gasteiger partial charge in [0, 0.05) is 0 Å². The number of ether oxygens (including phenoxy) is 2. The number of esters is 2. The Bertz CT molecular complexity index is 1100. The first-order chi connectivity index (χ1) is 13.7. The van der Waals surface area contributed by atoms with Crippen molar-refractivity contribution >= 4 is 23.0 Å². The third-order valence-corrected chi connectivity index (χ3v) is 4.35. The first-order valence-electron chi connectivity index (χ1n) is 9.27. The lowest BCUT2D eigenvalue weighted by atomic mass is 10.1. The molecule has 3 aromatic rings. The van der Waals surface area contributed by atoms with Crippen molar-refractivity contribution in [2.24, 2.45) is 0 Å². The molecule has 7 nitrogen and oxygen atoms in total. The summed E-state index contributed by atoms with van der Waals surface area (Å²) in [5.74, 6) is -0.882. The van der Waals surface area contributed by atoms with E-state index in [0.717, 1.165) is 11.1 Å². The lowest BCUT2D eigenvalue weighted by Crippen LogP contribution is -2.31. The Hall–Kier alpha value is -3.35. The fraction of sp³-hybridized carbons (Fsp3) is 0.318. The number of carbonyl (C=O) groups excluding carboxylic acids is 2. The van der Waals surface area contributed by atoms with E-state index in [1.54, 1.807) is 55.7 Å². The zero-order chi connectivity index (χ0) is 21.2. The molecule has 29 heavy (non-hydrogen) atoms. The van der Waals surface area contributed by atoms with Crippen LogP contribution in [0.15, 0.2) is 53.3 Å². The van der Waals surface area contributed by atoms with E-state index in [2.05, 4.69) is 0 Å². The van der Waals surface area contributed by atoms with Crippen LogP contribution in [0.5, 0.6) is 0 Å². The first kappa shape index (κ1) is 20.4. The molecule has 0 aliphatic carbocycles. The number of benzene rings is 2. The van der Waals surface area contributed by atoms with E-state index in [-0.39, 0.29) is 12.2 Å². The van der Waals surface area contributed by atoms with E-state index in [9.17, 15) is 14.4 Å². The van der Waals surface area contributed by atoms with E-state index in [4.69, 9.17) is 9.47 Å². The second-order valence-electron chi connectivity index (χ2n) is 7.72. The molecule has 1 heterocycles. The zero-order valence-electron chi connectivity index (χ0n) is 17.0.